The van der Waals surface area contributed by atoms with E-state index in [1.807, 2.05) is 30.5 Å². The molecule has 0 fully saturated rings. The van der Waals surface area contributed by atoms with Gasteiger partial charge in [0.2, 0.25) is 0 Å². The third-order valence-corrected chi connectivity index (χ3v) is 3.43. The van der Waals surface area contributed by atoms with Crippen LogP contribution in [0.25, 0.3) is 11.3 Å². The number of hydrogen-bond acceptors (Lipinski definition) is 2. The normalized spacial score (nSPS) is 12.9. The highest BCUT2D eigenvalue weighted by molar-refractivity contribution is 6.30. The molecule has 3 N–H and O–H groups in total. The van der Waals surface area contributed by atoms with Crippen LogP contribution < -0.4 is 5.73 Å². The second-order valence-corrected chi connectivity index (χ2v) is 5.69. The molecule has 2 rings (SSSR count). The second kappa shape index (κ2) is 6.22. The molecule has 1 aromatic heterocycles. The molecule has 1 heterocycles. The first-order valence-corrected chi connectivity index (χ1v) is 6.99. The average molecular weight is 278 g/mol. The summed E-state index contributed by atoms with van der Waals surface area (Å²) in [5.74, 6) is 1.87. The van der Waals surface area contributed by atoms with Gasteiger partial charge >= 0.3 is 0 Å². The fourth-order valence-corrected chi connectivity index (χ4v) is 2.33. The van der Waals surface area contributed by atoms with E-state index in [1.54, 1.807) is 0 Å². The molecular weight excluding hydrogens is 258 g/mol. The Hall–Kier alpha value is -1.32. The van der Waals surface area contributed by atoms with E-state index in [0.29, 0.717) is 18.4 Å². The number of benzene rings is 1. The summed E-state index contributed by atoms with van der Waals surface area (Å²) in [6.07, 6.45) is 2.91. The van der Waals surface area contributed by atoms with Gasteiger partial charge in [0.05, 0.1) is 11.9 Å². The van der Waals surface area contributed by atoms with Crippen LogP contribution in [0.4, 0.5) is 0 Å². The van der Waals surface area contributed by atoms with Crippen molar-refractivity contribution in [1.82, 2.24) is 9.97 Å². The Kier molecular flexibility index (Phi) is 4.61. The molecule has 2 aromatic rings. The van der Waals surface area contributed by atoms with Gasteiger partial charge in [-0.25, -0.2) is 4.98 Å². The summed E-state index contributed by atoms with van der Waals surface area (Å²) in [7, 11) is 0. The Balaban J connectivity index is 2.20. The monoisotopic (exact) mass is 277 g/mol. The van der Waals surface area contributed by atoms with Crippen LogP contribution in [0.2, 0.25) is 5.02 Å². The molecule has 0 aliphatic rings. The number of rotatable bonds is 5. The Morgan fingerprint density at radius 1 is 1.26 bits per heavy atom. The van der Waals surface area contributed by atoms with Gasteiger partial charge in [-0.3, -0.25) is 0 Å². The molecule has 0 saturated carbocycles. The minimum Gasteiger partial charge on any atom is -0.342 e. The van der Waals surface area contributed by atoms with Crippen molar-refractivity contribution in [1.29, 1.82) is 0 Å². The van der Waals surface area contributed by atoms with Crippen molar-refractivity contribution >= 4 is 11.6 Å². The maximum atomic E-state index is 5.89. The largest absolute Gasteiger partial charge is 0.342 e. The third-order valence-electron chi connectivity index (χ3n) is 3.18. The van der Waals surface area contributed by atoms with E-state index in [9.17, 15) is 0 Å². The van der Waals surface area contributed by atoms with Crippen LogP contribution in [0.5, 0.6) is 0 Å². The summed E-state index contributed by atoms with van der Waals surface area (Å²) in [4.78, 5) is 7.84. The fraction of sp³-hybridized carbons (Fsp3) is 0.400. The summed E-state index contributed by atoms with van der Waals surface area (Å²) >= 11 is 5.89. The van der Waals surface area contributed by atoms with Gasteiger partial charge in [0.15, 0.2) is 0 Å². The molecule has 1 unspecified atom stereocenters. The minimum atomic E-state index is 0.293. The van der Waals surface area contributed by atoms with Crippen molar-refractivity contribution in [3.8, 4) is 11.3 Å². The Bertz CT molecular complexity index is 516. The van der Waals surface area contributed by atoms with Gasteiger partial charge in [0.1, 0.15) is 5.82 Å². The molecule has 0 aliphatic carbocycles. The molecule has 0 bridgehead atoms. The maximum Gasteiger partial charge on any atom is 0.110 e. The fourth-order valence-electron chi connectivity index (χ4n) is 2.21. The highest BCUT2D eigenvalue weighted by Gasteiger charge is 2.15. The number of nitrogens with zero attached hydrogens (tertiary/aromatic N) is 1. The number of nitrogens with one attached hydrogen (secondary N) is 1. The molecule has 19 heavy (non-hydrogen) atoms. The lowest BCUT2D eigenvalue weighted by Gasteiger charge is -2.14. The van der Waals surface area contributed by atoms with E-state index in [4.69, 9.17) is 17.3 Å². The van der Waals surface area contributed by atoms with Crippen molar-refractivity contribution in [2.75, 3.05) is 6.54 Å². The van der Waals surface area contributed by atoms with E-state index in [-0.39, 0.29) is 0 Å². The van der Waals surface area contributed by atoms with Gasteiger partial charge in [-0.2, -0.15) is 0 Å². The smallest absolute Gasteiger partial charge is 0.110 e. The molecule has 0 aliphatic heterocycles. The minimum absolute atomic E-state index is 0.293. The van der Waals surface area contributed by atoms with Gasteiger partial charge < -0.3 is 10.7 Å². The summed E-state index contributed by atoms with van der Waals surface area (Å²) in [6, 6.07) is 7.73. The van der Waals surface area contributed by atoms with Crippen LogP contribution in [0.15, 0.2) is 30.5 Å². The van der Waals surface area contributed by atoms with E-state index in [2.05, 4.69) is 23.8 Å². The third kappa shape index (κ3) is 3.58. The number of aromatic nitrogens is 2. The molecule has 4 heteroatoms. The van der Waals surface area contributed by atoms with Gasteiger partial charge in [0, 0.05) is 17.5 Å². The van der Waals surface area contributed by atoms with E-state index < -0.39 is 0 Å². The lowest BCUT2D eigenvalue weighted by atomic mass is 9.97. The highest BCUT2D eigenvalue weighted by atomic mass is 35.5. The van der Waals surface area contributed by atoms with Crippen molar-refractivity contribution in [2.24, 2.45) is 11.7 Å². The van der Waals surface area contributed by atoms with Crippen molar-refractivity contribution < 1.29 is 0 Å². The quantitative estimate of drug-likeness (QED) is 0.873. The lowest BCUT2D eigenvalue weighted by Crippen LogP contribution is -2.15. The zero-order chi connectivity index (χ0) is 13.8. The average Bonchev–Trinajstić information content (AvgIpc) is 2.86. The molecule has 0 spiro atoms. The summed E-state index contributed by atoms with van der Waals surface area (Å²) in [6.45, 7) is 5.02. The first-order valence-electron chi connectivity index (χ1n) is 6.61. The second-order valence-electron chi connectivity index (χ2n) is 5.25. The standard InChI is InChI=1S/C15H20ClN3/c1-10(2)7-12(8-17)15-18-9-14(19-15)11-3-5-13(16)6-4-11/h3-6,9-10,12H,7-8,17H2,1-2H3,(H,18,19). The number of halogens is 1. The van der Waals surface area contributed by atoms with Gasteiger partial charge in [-0.15, -0.1) is 0 Å². The van der Waals surface area contributed by atoms with Crippen LogP contribution in [0.1, 0.15) is 32.0 Å². The zero-order valence-corrected chi connectivity index (χ0v) is 12.1. The van der Waals surface area contributed by atoms with Crippen LogP contribution in [-0.4, -0.2) is 16.5 Å². The van der Waals surface area contributed by atoms with E-state index in [0.717, 1.165) is 28.5 Å². The van der Waals surface area contributed by atoms with Crippen LogP contribution in [0, 0.1) is 5.92 Å². The van der Waals surface area contributed by atoms with Gasteiger partial charge in [-0.05, 0) is 30.0 Å². The van der Waals surface area contributed by atoms with E-state index >= 15 is 0 Å². The molecule has 1 aromatic carbocycles. The van der Waals surface area contributed by atoms with E-state index in [1.165, 1.54) is 0 Å². The van der Waals surface area contributed by atoms with Crippen LogP contribution in [0.3, 0.4) is 0 Å². The Morgan fingerprint density at radius 3 is 2.53 bits per heavy atom. The van der Waals surface area contributed by atoms with Crippen molar-refractivity contribution in [2.45, 2.75) is 26.2 Å². The molecule has 1 atom stereocenters. The first-order chi connectivity index (χ1) is 9.10. The highest BCUT2D eigenvalue weighted by Crippen LogP contribution is 2.24. The van der Waals surface area contributed by atoms with Gasteiger partial charge in [0.25, 0.3) is 0 Å². The maximum absolute atomic E-state index is 5.89. The molecule has 0 saturated heterocycles. The Labute approximate surface area is 119 Å². The topological polar surface area (TPSA) is 54.7 Å². The predicted octanol–water partition coefficient (Wildman–Crippen LogP) is 3.82. The number of nitrogens with two attached hydrogens (primary N) is 1. The number of hydrogen-bond donors (Lipinski definition) is 2. The number of imidazole rings is 1. The van der Waals surface area contributed by atoms with Crippen molar-refractivity contribution in [3.05, 3.63) is 41.3 Å². The van der Waals surface area contributed by atoms with Gasteiger partial charge in [-0.1, -0.05) is 37.6 Å². The molecular formula is C15H20ClN3. The first kappa shape index (κ1) is 14.1. The van der Waals surface area contributed by atoms with Crippen LogP contribution >= 0.6 is 11.6 Å². The molecule has 0 amide bonds. The van der Waals surface area contributed by atoms with Crippen molar-refractivity contribution in [3.63, 3.8) is 0 Å². The summed E-state index contributed by atoms with van der Waals surface area (Å²) in [5, 5.41) is 0.739. The molecule has 3 nitrogen and oxygen atoms in total. The molecule has 102 valence electrons. The SMILES string of the molecule is CC(C)CC(CN)c1ncc(-c2ccc(Cl)cc2)[nH]1. The number of H-pyrrole nitrogens is 1. The van der Waals surface area contributed by atoms with Crippen LogP contribution in [-0.2, 0) is 0 Å². The summed E-state index contributed by atoms with van der Waals surface area (Å²) in [5.41, 5.74) is 7.94. The lowest BCUT2D eigenvalue weighted by molar-refractivity contribution is 0.490. The Morgan fingerprint density at radius 2 is 1.95 bits per heavy atom. The number of aromatic amines is 1. The summed E-state index contributed by atoms with van der Waals surface area (Å²) < 4.78 is 0. The predicted molar refractivity (Wildman–Crippen MR) is 80.3 cm³/mol. The zero-order valence-electron chi connectivity index (χ0n) is 11.4. The molecule has 0 radical (unpaired) electrons.